The van der Waals surface area contributed by atoms with Crippen molar-refractivity contribution in [2.75, 3.05) is 11.1 Å². The highest BCUT2D eigenvalue weighted by Crippen LogP contribution is 2.22. The van der Waals surface area contributed by atoms with Gasteiger partial charge in [0.05, 0.1) is 5.75 Å². The summed E-state index contributed by atoms with van der Waals surface area (Å²) in [5.74, 6) is 0.140. The van der Waals surface area contributed by atoms with Gasteiger partial charge in [-0.15, -0.1) is 0 Å². The van der Waals surface area contributed by atoms with Gasteiger partial charge in [0, 0.05) is 11.4 Å². The van der Waals surface area contributed by atoms with Crippen LogP contribution in [-0.2, 0) is 4.79 Å². The van der Waals surface area contributed by atoms with Crippen LogP contribution >= 0.6 is 11.8 Å². The molecule has 0 spiro atoms. The van der Waals surface area contributed by atoms with E-state index in [2.05, 4.69) is 15.3 Å². The standard InChI is InChI=1S/C16H15N3O2S/c1-10-4-3-5-12(8-10)18-14(20)9-22-16-19-15-13(21-16)7-6-11(2)17-15/h3-8H,9H2,1-2H3,(H,18,20). The molecule has 1 amide bonds. The van der Waals surface area contributed by atoms with Gasteiger partial charge < -0.3 is 9.73 Å². The maximum Gasteiger partial charge on any atom is 0.258 e. The maximum atomic E-state index is 11.9. The molecule has 112 valence electrons. The molecule has 2 aromatic heterocycles. The number of carbonyl (C=O) groups excluding carboxylic acids is 1. The van der Waals surface area contributed by atoms with E-state index in [1.165, 1.54) is 11.8 Å². The Balaban J connectivity index is 1.62. The number of nitrogens with one attached hydrogen (secondary N) is 1. The Morgan fingerprint density at radius 2 is 2.09 bits per heavy atom. The highest BCUT2D eigenvalue weighted by molar-refractivity contribution is 7.99. The minimum absolute atomic E-state index is 0.0954. The fourth-order valence-corrected chi connectivity index (χ4v) is 2.63. The number of anilines is 1. The third kappa shape index (κ3) is 3.46. The first kappa shape index (κ1) is 14.6. The lowest BCUT2D eigenvalue weighted by molar-refractivity contribution is -0.113. The molecule has 0 aliphatic carbocycles. The number of pyridine rings is 1. The average Bonchev–Trinajstić information content (AvgIpc) is 2.87. The van der Waals surface area contributed by atoms with Gasteiger partial charge in [0.25, 0.3) is 5.22 Å². The normalized spacial score (nSPS) is 10.8. The minimum Gasteiger partial charge on any atom is -0.430 e. The van der Waals surface area contributed by atoms with Gasteiger partial charge in [0.2, 0.25) is 5.91 Å². The van der Waals surface area contributed by atoms with Gasteiger partial charge in [-0.3, -0.25) is 4.79 Å². The van der Waals surface area contributed by atoms with Crippen molar-refractivity contribution in [3.8, 4) is 0 Å². The Morgan fingerprint density at radius 3 is 2.91 bits per heavy atom. The van der Waals surface area contributed by atoms with Crippen LogP contribution in [0.15, 0.2) is 46.0 Å². The molecule has 0 aliphatic heterocycles. The predicted octanol–water partition coefficient (Wildman–Crippen LogP) is 3.57. The molecule has 3 aromatic rings. The number of aryl methyl sites for hydroxylation is 2. The van der Waals surface area contributed by atoms with Crippen molar-refractivity contribution < 1.29 is 9.21 Å². The number of aromatic nitrogens is 2. The second kappa shape index (κ2) is 6.19. The molecule has 3 rings (SSSR count). The van der Waals surface area contributed by atoms with Crippen molar-refractivity contribution in [3.05, 3.63) is 47.7 Å². The highest BCUT2D eigenvalue weighted by atomic mass is 32.2. The van der Waals surface area contributed by atoms with Crippen LogP contribution in [0, 0.1) is 13.8 Å². The molecule has 0 bridgehead atoms. The number of benzene rings is 1. The van der Waals surface area contributed by atoms with E-state index in [1.54, 1.807) is 0 Å². The summed E-state index contributed by atoms with van der Waals surface area (Å²) in [5, 5.41) is 3.30. The maximum absolute atomic E-state index is 11.9. The van der Waals surface area contributed by atoms with E-state index in [0.29, 0.717) is 16.5 Å². The second-order valence-corrected chi connectivity index (χ2v) is 5.89. The van der Waals surface area contributed by atoms with E-state index < -0.39 is 0 Å². The number of carbonyl (C=O) groups is 1. The van der Waals surface area contributed by atoms with Crippen molar-refractivity contribution in [2.24, 2.45) is 0 Å². The van der Waals surface area contributed by atoms with E-state index in [9.17, 15) is 4.79 Å². The lowest BCUT2D eigenvalue weighted by Crippen LogP contribution is -2.13. The van der Waals surface area contributed by atoms with E-state index in [-0.39, 0.29) is 11.7 Å². The van der Waals surface area contributed by atoms with E-state index in [4.69, 9.17) is 4.42 Å². The van der Waals surface area contributed by atoms with Crippen molar-refractivity contribution in [1.29, 1.82) is 0 Å². The van der Waals surface area contributed by atoms with Crippen molar-refractivity contribution >= 4 is 34.6 Å². The van der Waals surface area contributed by atoms with Crippen LogP contribution in [0.25, 0.3) is 11.2 Å². The van der Waals surface area contributed by atoms with Gasteiger partial charge >= 0.3 is 0 Å². The molecule has 0 saturated heterocycles. The lowest BCUT2D eigenvalue weighted by Gasteiger charge is -2.04. The number of hydrogen-bond acceptors (Lipinski definition) is 5. The Hall–Kier alpha value is -2.34. The quantitative estimate of drug-likeness (QED) is 0.746. The summed E-state index contributed by atoms with van der Waals surface area (Å²) >= 11 is 1.25. The predicted molar refractivity (Wildman–Crippen MR) is 87.1 cm³/mol. The number of fused-ring (bicyclic) bond motifs is 1. The van der Waals surface area contributed by atoms with Crippen LogP contribution in [0.4, 0.5) is 5.69 Å². The molecule has 0 radical (unpaired) electrons. The van der Waals surface area contributed by atoms with Crippen molar-refractivity contribution in [3.63, 3.8) is 0 Å². The van der Waals surface area contributed by atoms with E-state index in [0.717, 1.165) is 16.9 Å². The molecule has 5 nitrogen and oxygen atoms in total. The Kier molecular flexibility index (Phi) is 4.11. The Labute approximate surface area is 132 Å². The number of thioether (sulfide) groups is 1. The fraction of sp³-hybridized carbons (Fsp3) is 0.188. The molecule has 0 saturated carbocycles. The summed E-state index contributed by atoms with van der Waals surface area (Å²) in [7, 11) is 0. The monoisotopic (exact) mass is 313 g/mol. The lowest BCUT2D eigenvalue weighted by atomic mass is 10.2. The van der Waals surface area contributed by atoms with Crippen LogP contribution in [0.5, 0.6) is 0 Å². The van der Waals surface area contributed by atoms with Crippen LogP contribution < -0.4 is 5.32 Å². The zero-order valence-corrected chi connectivity index (χ0v) is 13.1. The zero-order chi connectivity index (χ0) is 15.5. The van der Waals surface area contributed by atoms with Gasteiger partial charge in [-0.05, 0) is 43.7 Å². The molecule has 0 unspecified atom stereocenters. The minimum atomic E-state index is -0.0954. The Morgan fingerprint density at radius 1 is 1.23 bits per heavy atom. The smallest absolute Gasteiger partial charge is 0.258 e. The molecule has 22 heavy (non-hydrogen) atoms. The van der Waals surface area contributed by atoms with Crippen LogP contribution in [0.2, 0.25) is 0 Å². The zero-order valence-electron chi connectivity index (χ0n) is 12.3. The Bertz CT molecular complexity index is 829. The molecule has 0 atom stereocenters. The number of oxazole rings is 1. The van der Waals surface area contributed by atoms with Gasteiger partial charge in [-0.25, -0.2) is 4.98 Å². The first-order chi connectivity index (χ1) is 10.6. The molecular weight excluding hydrogens is 298 g/mol. The number of hydrogen-bond donors (Lipinski definition) is 1. The summed E-state index contributed by atoms with van der Waals surface area (Å²) in [4.78, 5) is 20.5. The summed E-state index contributed by atoms with van der Waals surface area (Å²) in [6, 6.07) is 11.4. The van der Waals surface area contributed by atoms with Crippen molar-refractivity contribution in [2.45, 2.75) is 19.1 Å². The molecular formula is C16H15N3O2S. The van der Waals surface area contributed by atoms with Crippen LogP contribution in [-0.4, -0.2) is 21.6 Å². The summed E-state index contributed by atoms with van der Waals surface area (Å²) < 4.78 is 5.55. The molecule has 0 aliphatic rings. The molecule has 1 aromatic carbocycles. The second-order valence-electron chi connectivity index (χ2n) is 4.96. The molecule has 0 fully saturated rings. The SMILES string of the molecule is Cc1cccc(NC(=O)CSc2nc3nc(C)ccc3o2)c1. The average molecular weight is 313 g/mol. The first-order valence-corrected chi connectivity index (χ1v) is 7.82. The third-order valence-corrected chi connectivity index (χ3v) is 3.83. The largest absolute Gasteiger partial charge is 0.430 e. The van der Waals surface area contributed by atoms with Gasteiger partial charge in [0.15, 0.2) is 11.2 Å². The fourth-order valence-electron chi connectivity index (χ4n) is 2.00. The van der Waals surface area contributed by atoms with Gasteiger partial charge in [-0.1, -0.05) is 23.9 Å². The molecule has 2 heterocycles. The van der Waals surface area contributed by atoms with Gasteiger partial charge in [0.1, 0.15) is 0 Å². The summed E-state index contributed by atoms with van der Waals surface area (Å²) in [5.41, 5.74) is 3.98. The van der Waals surface area contributed by atoms with E-state index >= 15 is 0 Å². The molecule has 1 N–H and O–H groups in total. The topological polar surface area (TPSA) is 68.0 Å². The van der Waals surface area contributed by atoms with Crippen molar-refractivity contribution in [1.82, 2.24) is 9.97 Å². The van der Waals surface area contributed by atoms with Crippen LogP contribution in [0.3, 0.4) is 0 Å². The summed E-state index contributed by atoms with van der Waals surface area (Å²) in [6.45, 7) is 3.88. The number of amides is 1. The first-order valence-electron chi connectivity index (χ1n) is 6.84. The number of nitrogens with zero attached hydrogens (tertiary/aromatic N) is 2. The van der Waals surface area contributed by atoms with Gasteiger partial charge in [-0.2, -0.15) is 4.98 Å². The molecule has 6 heteroatoms. The number of rotatable bonds is 4. The van der Waals surface area contributed by atoms with E-state index in [1.807, 2.05) is 50.2 Å². The summed E-state index contributed by atoms with van der Waals surface area (Å²) in [6.07, 6.45) is 0. The highest BCUT2D eigenvalue weighted by Gasteiger charge is 2.10. The third-order valence-electron chi connectivity index (χ3n) is 3.00. The van der Waals surface area contributed by atoms with Crippen LogP contribution in [0.1, 0.15) is 11.3 Å².